The summed E-state index contributed by atoms with van der Waals surface area (Å²) in [5.74, 6) is 1.40. The third-order valence-electron chi connectivity index (χ3n) is 1.99. The van der Waals surface area contributed by atoms with Gasteiger partial charge in [0, 0.05) is 25.9 Å². The van der Waals surface area contributed by atoms with Crippen molar-refractivity contribution >= 4 is 5.82 Å². The molecule has 14 heavy (non-hydrogen) atoms. The smallest absolute Gasteiger partial charge is 0.141 e. The fourth-order valence-electron chi connectivity index (χ4n) is 1.18. The van der Waals surface area contributed by atoms with Gasteiger partial charge in [-0.2, -0.15) is 0 Å². The van der Waals surface area contributed by atoms with Gasteiger partial charge in [0.1, 0.15) is 11.6 Å². The topological polar surface area (TPSA) is 69.6 Å². The van der Waals surface area contributed by atoms with Crippen LogP contribution in [-0.4, -0.2) is 19.5 Å². The monoisotopic (exact) mass is 189 g/mol. The lowest BCUT2D eigenvalue weighted by atomic mass is 10.3. The number of aromatic nitrogens is 4. The summed E-state index contributed by atoms with van der Waals surface area (Å²) in [5, 5.41) is 0. The molecule has 0 saturated heterocycles. The van der Waals surface area contributed by atoms with Crippen molar-refractivity contribution in [2.24, 2.45) is 7.05 Å². The van der Waals surface area contributed by atoms with Gasteiger partial charge in [0.05, 0.1) is 18.1 Å². The first-order valence-corrected chi connectivity index (χ1v) is 4.28. The van der Waals surface area contributed by atoms with Gasteiger partial charge in [-0.05, 0) is 0 Å². The van der Waals surface area contributed by atoms with Gasteiger partial charge in [0.15, 0.2) is 0 Å². The maximum Gasteiger partial charge on any atom is 0.141 e. The zero-order valence-corrected chi connectivity index (χ0v) is 7.88. The van der Waals surface area contributed by atoms with Crippen molar-refractivity contribution in [3.63, 3.8) is 0 Å². The van der Waals surface area contributed by atoms with Gasteiger partial charge < -0.3 is 10.3 Å². The molecule has 2 aromatic rings. The maximum absolute atomic E-state index is 5.44. The Balaban J connectivity index is 2.19. The van der Waals surface area contributed by atoms with E-state index in [9.17, 15) is 0 Å². The van der Waals surface area contributed by atoms with Gasteiger partial charge in [-0.15, -0.1) is 0 Å². The lowest BCUT2D eigenvalue weighted by Crippen LogP contribution is -2.01. The van der Waals surface area contributed by atoms with E-state index in [4.69, 9.17) is 5.73 Å². The molecule has 0 unspecified atom stereocenters. The summed E-state index contributed by atoms with van der Waals surface area (Å²) in [6.45, 7) is 0. The normalized spacial score (nSPS) is 10.4. The lowest BCUT2D eigenvalue weighted by molar-refractivity contribution is 0.808. The van der Waals surface area contributed by atoms with Gasteiger partial charge in [-0.3, -0.25) is 4.98 Å². The molecule has 0 aliphatic carbocycles. The van der Waals surface area contributed by atoms with Gasteiger partial charge >= 0.3 is 0 Å². The molecule has 0 spiro atoms. The number of nitrogens with two attached hydrogens (primary N) is 1. The van der Waals surface area contributed by atoms with E-state index in [-0.39, 0.29) is 0 Å². The second kappa shape index (κ2) is 3.45. The number of nitrogen functional groups attached to an aromatic ring is 1. The summed E-state index contributed by atoms with van der Waals surface area (Å²) in [6, 6.07) is 0. The summed E-state index contributed by atoms with van der Waals surface area (Å²) in [4.78, 5) is 12.3. The standard InChI is InChI=1S/C9H11N5/c1-14-3-2-11-9(14)4-7-5-13-8(10)6-12-7/h2-3,5-6H,4H2,1H3,(H2,10,13). The Morgan fingerprint density at radius 2 is 2.14 bits per heavy atom. The zero-order chi connectivity index (χ0) is 9.97. The van der Waals surface area contributed by atoms with Crippen molar-refractivity contribution in [3.8, 4) is 0 Å². The molecule has 0 aliphatic heterocycles. The van der Waals surface area contributed by atoms with Crippen LogP contribution in [0.1, 0.15) is 11.5 Å². The first-order valence-electron chi connectivity index (χ1n) is 4.28. The van der Waals surface area contributed by atoms with E-state index in [1.54, 1.807) is 18.6 Å². The van der Waals surface area contributed by atoms with Gasteiger partial charge in [0.25, 0.3) is 0 Å². The van der Waals surface area contributed by atoms with Crippen LogP contribution in [-0.2, 0) is 13.5 Å². The highest BCUT2D eigenvalue weighted by Gasteiger charge is 2.02. The quantitative estimate of drug-likeness (QED) is 0.741. The van der Waals surface area contributed by atoms with Crippen molar-refractivity contribution in [2.75, 3.05) is 5.73 Å². The zero-order valence-electron chi connectivity index (χ0n) is 7.88. The molecule has 2 rings (SSSR count). The van der Waals surface area contributed by atoms with E-state index in [0.717, 1.165) is 11.5 Å². The molecule has 2 aromatic heterocycles. The van der Waals surface area contributed by atoms with Crippen LogP contribution >= 0.6 is 0 Å². The van der Waals surface area contributed by atoms with Crippen LogP contribution in [0.25, 0.3) is 0 Å². The third kappa shape index (κ3) is 1.71. The average Bonchev–Trinajstić information content (AvgIpc) is 2.56. The fourth-order valence-corrected chi connectivity index (χ4v) is 1.18. The lowest BCUT2D eigenvalue weighted by Gasteiger charge is -2.00. The predicted octanol–water partition coefficient (Wildman–Crippen LogP) is 0.383. The number of rotatable bonds is 2. The molecule has 0 aliphatic rings. The van der Waals surface area contributed by atoms with Crippen LogP contribution in [0.15, 0.2) is 24.8 Å². The SMILES string of the molecule is Cn1ccnc1Cc1cnc(N)cn1. The van der Waals surface area contributed by atoms with E-state index < -0.39 is 0 Å². The first kappa shape index (κ1) is 8.68. The summed E-state index contributed by atoms with van der Waals surface area (Å²) in [6.07, 6.45) is 7.57. The number of hydrogen-bond donors (Lipinski definition) is 1. The van der Waals surface area contributed by atoms with Gasteiger partial charge in [-0.1, -0.05) is 0 Å². The highest BCUT2D eigenvalue weighted by Crippen LogP contribution is 2.03. The number of hydrogen-bond acceptors (Lipinski definition) is 4. The van der Waals surface area contributed by atoms with Gasteiger partial charge in [-0.25, -0.2) is 9.97 Å². The third-order valence-corrected chi connectivity index (χ3v) is 1.99. The minimum Gasteiger partial charge on any atom is -0.382 e. The summed E-state index contributed by atoms with van der Waals surface area (Å²) >= 11 is 0. The maximum atomic E-state index is 5.44. The summed E-state index contributed by atoms with van der Waals surface area (Å²) in [7, 11) is 1.95. The molecule has 2 N–H and O–H groups in total. The Hall–Kier alpha value is -1.91. The van der Waals surface area contributed by atoms with Crippen molar-refractivity contribution in [3.05, 3.63) is 36.3 Å². The molecule has 0 fully saturated rings. The van der Waals surface area contributed by atoms with Crippen LogP contribution in [0.3, 0.4) is 0 Å². The molecule has 0 saturated carbocycles. The second-order valence-corrected chi connectivity index (χ2v) is 3.06. The molecule has 0 bridgehead atoms. The number of imidazole rings is 1. The van der Waals surface area contributed by atoms with E-state index in [2.05, 4.69) is 15.0 Å². The fraction of sp³-hybridized carbons (Fsp3) is 0.222. The van der Waals surface area contributed by atoms with Crippen LogP contribution in [0.5, 0.6) is 0 Å². The molecule has 5 nitrogen and oxygen atoms in total. The Bertz CT molecular complexity index is 417. The Morgan fingerprint density at radius 1 is 1.29 bits per heavy atom. The van der Waals surface area contributed by atoms with Gasteiger partial charge in [0.2, 0.25) is 0 Å². The van der Waals surface area contributed by atoms with E-state index in [1.807, 2.05) is 17.8 Å². The largest absolute Gasteiger partial charge is 0.382 e. The Kier molecular flexibility index (Phi) is 2.14. The predicted molar refractivity (Wildman–Crippen MR) is 52.5 cm³/mol. The minimum absolute atomic E-state index is 0.439. The molecule has 0 aromatic carbocycles. The summed E-state index contributed by atoms with van der Waals surface area (Å²) < 4.78 is 1.96. The molecule has 2 heterocycles. The highest BCUT2D eigenvalue weighted by molar-refractivity contribution is 5.23. The van der Waals surface area contributed by atoms with Crippen molar-refractivity contribution < 1.29 is 0 Å². The van der Waals surface area contributed by atoms with Crippen molar-refractivity contribution in [2.45, 2.75) is 6.42 Å². The van der Waals surface area contributed by atoms with Crippen molar-refractivity contribution in [1.82, 2.24) is 19.5 Å². The summed E-state index contributed by atoms with van der Waals surface area (Å²) in [5.41, 5.74) is 6.30. The number of nitrogens with zero attached hydrogens (tertiary/aromatic N) is 4. The van der Waals surface area contributed by atoms with E-state index >= 15 is 0 Å². The molecular weight excluding hydrogens is 178 g/mol. The van der Waals surface area contributed by atoms with Crippen LogP contribution in [0.2, 0.25) is 0 Å². The Morgan fingerprint density at radius 3 is 2.71 bits per heavy atom. The number of anilines is 1. The average molecular weight is 189 g/mol. The van der Waals surface area contributed by atoms with Crippen molar-refractivity contribution in [1.29, 1.82) is 0 Å². The molecule has 5 heteroatoms. The highest BCUT2D eigenvalue weighted by atomic mass is 15.0. The Labute approximate surface area is 81.6 Å². The minimum atomic E-state index is 0.439. The van der Waals surface area contributed by atoms with E-state index in [0.29, 0.717) is 12.2 Å². The van der Waals surface area contributed by atoms with Crippen LogP contribution < -0.4 is 5.73 Å². The second-order valence-electron chi connectivity index (χ2n) is 3.06. The molecule has 0 radical (unpaired) electrons. The first-order chi connectivity index (χ1) is 6.75. The molecule has 0 atom stereocenters. The van der Waals surface area contributed by atoms with Crippen LogP contribution in [0.4, 0.5) is 5.82 Å². The molecule has 0 amide bonds. The van der Waals surface area contributed by atoms with E-state index in [1.165, 1.54) is 0 Å². The van der Waals surface area contributed by atoms with Crippen LogP contribution in [0, 0.1) is 0 Å². The molecular formula is C9H11N5. The molecule has 72 valence electrons. The number of aryl methyl sites for hydroxylation is 1.